The summed E-state index contributed by atoms with van der Waals surface area (Å²) in [5.41, 5.74) is 2.85. The number of rotatable bonds is 7. The normalized spacial score (nSPS) is 20.2. The topological polar surface area (TPSA) is 46.4 Å². The van der Waals surface area contributed by atoms with Crippen LogP contribution >= 0.6 is 0 Å². The summed E-state index contributed by atoms with van der Waals surface area (Å²) >= 11 is 0. The smallest absolute Gasteiger partial charge is 0.269 e. The lowest BCUT2D eigenvalue weighted by Crippen LogP contribution is -2.35. The first-order valence-corrected chi connectivity index (χ1v) is 9.62. The van der Waals surface area contributed by atoms with Gasteiger partial charge >= 0.3 is 0 Å². The van der Waals surface area contributed by atoms with Gasteiger partial charge in [0.15, 0.2) is 0 Å². The van der Waals surface area contributed by atoms with Crippen molar-refractivity contribution in [3.63, 3.8) is 0 Å². The van der Waals surface area contributed by atoms with Gasteiger partial charge in [0.25, 0.3) is 5.69 Å². The third-order valence-electron chi connectivity index (χ3n) is 5.71. The van der Waals surface area contributed by atoms with E-state index in [4.69, 9.17) is 0 Å². The number of nitro groups is 1. The van der Waals surface area contributed by atoms with Crippen LogP contribution in [0.3, 0.4) is 0 Å². The van der Waals surface area contributed by atoms with E-state index in [9.17, 15) is 10.1 Å². The van der Waals surface area contributed by atoms with Crippen molar-refractivity contribution in [2.45, 2.75) is 50.5 Å². The highest BCUT2D eigenvalue weighted by Crippen LogP contribution is 2.35. The molecule has 0 bridgehead atoms. The molecule has 138 valence electrons. The maximum absolute atomic E-state index is 10.8. The van der Waals surface area contributed by atoms with Gasteiger partial charge in [-0.1, -0.05) is 42.5 Å². The first-order valence-electron chi connectivity index (χ1n) is 9.62. The lowest BCUT2D eigenvalue weighted by atomic mass is 9.81. The fourth-order valence-corrected chi connectivity index (χ4v) is 4.08. The molecule has 1 saturated carbocycles. The van der Waals surface area contributed by atoms with Crippen LogP contribution in [0, 0.1) is 10.1 Å². The minimum atomic E-state index is -0.328. The van der Waals surface area contributed by atoms with Gasteiger partial charge in [0, 0.05) is 18.2 Å². The summed E-state index contributed by atoms with van der Waals surface area (Å²) in [6, 6.07) is 18.5. The maximum atomic E-state index is 10.8. The van der Waals surface area contributed by atoms with Crippen LogP contribution in [0.4, 0.5) is 5.69 Å². The van der Waals surface area contributed by atoms with E-state index in [1.54, 1.807) is 12.1 Å². The molecule has 1 aliphatic carbocycles. The van der Waals surface area contributed by atoms with Gasteiger partial charge in [-0.25, -0.2) is 0 Å². The Morgan fingerprint density at radius 1 is 1.00 bits per heavy atom. The van der Waals surface area contributed by atoms with Crippen molar-refractivity contribution in [2.24, 2.45) is 0 Å². The number of hydrogen-bond donors (Lipinski definition) is 0. The molecule has 4 heteroatoms. The zero-order chi connectivity index (χ0) is 18.4. The fourth-order valence-electron chi connectivity index (χ4n) is 4.08. The van der Waals surface area contributed by atoms with Crippen molar-refractivity contribution in [3.05, 3.63) is 75.8 Å². The first kappa shape index (κ1) is 18.6. The van der Waals surface area contributed by atoms with E-state index in [-0.39, 0.29) is 10.6 Å². The first-order chi connectivity index (χ1) is 12.6. The van der Waals surface area contributed by atoms with Gasteiger partial charge in [-0.15, -0.1) is 0 Å². The summed E-state index contributed by atoms with van der Waals surface area (Å²) in [5, 5.41) is 10.8. The molecule has 0 N–H and O–H groups in total. The molecule has 2 aromatic carbocycles. The second-order valence-electron chi connectivity index (χ2n) is 7.42. The molecule has 0 saturated heterocycles. The molecule has 0 amide bonds. The molecular weight excluding hydrogens is 324 g/mol. The molecule has 4 nitrogen and oxygen atoms in total. The number of nitrogens with zero attached hydrogens (tertiary/aromatic N) is 2. The molecule has 0 aliphatic heterocycles. The Labute approximate surface area is 156 Å². The molecule has 0 radical (unpaired) electrons. The number of benzene rings is 2. The summed E-state index contributed by atoms with van der Waals surface area (Å²) in [6.07, 6.45) is 7.11. The Morgan fingerprint density at radius 3 is 2.27 bits per heavy atom. The van der Waals surface area contributed by atoms with Crippen LogP contribution in [0.5, 0.6) is 0 Å². The molecule has 0 spiro atoms. The predicted molar refractivity (Wildman–Crippen MR) is 105 cm³/mol. The average Bonchev–Trinajstić information content (AvgIpc) is 2.69. The van der Waals surface area contributed by atoms with Gasteiger partial charge in [0.2, 0.25) is 0 Å². The van der Waals surface area contributed by atoms with E-state index in [1.165, 1.54) is 43.2 Å². The van der Waals surface area contributed by atoms with Gasteiger partial charge in [-0.2, -0.15) is 0 Å². The lowest BCUT2D eigenvalue weighted by Gasteiger charge is -2.35. The summed E-state index contributed by atoms with van der Waals surface area (Å²) in [4.78, 5) is 13.0. The second-order valence-corrected chi connectivity index (χ2v) is 7.42. The molecule has 0 unspecified atom stereocenters. The van der Waals surface area contributed by atoms with Crippen LogP contribution in [0.2, 0.25) is 0 Å². The zero-order valence-corrected chi connectivity index (χ0v) is 15.5. The van der Waals surface area contributed by atoms with E-state index < -0.39 is 0 Å². The highest BCUT2D eigenvalue weighted by Gasteiger charge is 2.25. The van der Waals surface area contributed by atoms with Crippen LogP contribution < -0.4 is 0 Å². The third kappa shape index (κ3) is 4.92. The Hall–Kier alpha value is -2.20. The number of non-ortho nitro benzene ring substituents is 1. The number of hydrogen-bond acceptors (Lipinski definition) is 3. The maximum Gasteiger partial charge on any atom is 0.269 e. The van der Waals surface area contributed by atoms with Crippen LogP contribution in [0.15, 0.2) is 54.6 Å². The second kappa shape index (κ2) is 8.95. The number of nitro benzene ring substituents is 1. The highest BCUT2D eigenvalue weighted by atomic mass is 16.6. The van der Waals surface area contributed by atoms with Crippen LogP contribution in [-0.4, -0.2) is 29.5 Å². The average molecular weight is 352 g/mol. The quantitative estimate of drug-likeness (QED) is 0.509. The van der Waals surface area contributed by atoms with Gasteiger partial charge in [-0.3, -0.25) is 10.1 Å². The Kier molecular flexibility index (Phi) is 6.40. The Bertz CT molecular complexity index is 692. The van der Waals surface area contributed by atoms with Crippen molar-refractivity contribution in [1.29, 1.82) is 0 Å². The van der Waals surface area contributed by atoms with Crippen LogP contribution in [0.1, 0.15) is 49.1 Å². The predicted octanol–water partition coefficient (Wildman–Crippen LogP) is 5.19. The van der Waals surface area contributed by atoms with E-state index >= 15 is 0 Å². The van der Waals surface area contributed by atoms with Gasteiger partial charge < -0.3 is 4.90 Å². The molecule has 1 fully saturated rings. The van der Waals surface area contributed by atoms with Crippen LogP contribution in [0.25, 0.3) is 0 Å². The van der Waals surface area contributed by atoms with Crippen molar-refractivity contribution >= 4 is 5.69 Å². The number of aryl methyl sites for hydroxylation is 1. The van der Waals surface area contributed by atoms with Crippen molar-refractivity contribution < 1.29 is 4.92 Å². The van der Waals surface area contributed by atoms with Gasteiger partial charge in [-0.05, 0) is 69.2 Å². The largest absolute Gasteiger partial charge is 0.303 e. The molecule has 3 rings (SSSR count). The molecule has 2 aromatic rings. The highest BCUT2D eigenvalue weighted by molar-refractivity contribution is 5.34. The minimum absolute atomic E-state index is 0.181. The van der Waals surface area contributed by atoms with E-state index in [0.29, 0.717) is 12.0 Å². The van der Waals surface area contributed by atoms with E-state index in [0.717, 1.165) is 13.0 Å². The molecule has 0 aromatic heterocycles. The molecular formula is C22H28N2O2. The van der Waals surface area contributed by atoms with Gasteiger partial charge in [0.05, 0.1) is 4.92 Å². The molecule has 0 atom stereocenters. The minimum Gasteiger partial charge on any atom is -0.303 e. The molecule has 26 heavy (non-hydrogen) atoms. The lowest BCUT2D eigenvalue weighted by molar-refractivity contribution is -0.384. The van der Waals surface area contributed by atoms with Crippen molar-refractivity contribution in [2.75, 3.05) is 13.6 Å². The molecule has 1 aliphatic rings. The van der Waals surface area contributed by atoms with Crippen LogP contribution in [-0.2, 0) is 6.42 Å². The summed E-state index contributed by atoms with van der Waals surface area (Å²) in [5.74, 6) is 0.546. The summed E-state index contributed by atoms with van der Waals surface area (Å²) < 4.78 is 0. The Morgan fingerprint density at radius 2 is 1.65 bits per heavy atom. The van der Waals surface area contributed by atoms with Crippen molar-refractivity contribution in [1.82, 2.24) is 4.90 Å². The monoisotopic (exact) mass is 352 g/mol. The van der Waals surface area contributed by atoms with E-state index in [2.05, 4.69) is 42.3 Å². The zero-order valence-electron chi connectivity index (χ0n) is 15.5. The van der Waals surface area contributed by atoms with Crippen molar-refractivity contribution in [3.8, 4) is 0 Å². The third-order valence-corrected chi connectivity index (χ3v) is 5.71. The van der Waals surface area contributed by atoms with Gasteiger partial charge in [0.1, 0.15) is 0 Å². The summed E-state index contributed by atoms with van der Waals surface area (Å²) in [7, 11) is 2.25. The molecule has 0 heterocycles. The fraction of sp³-hybridized carbons (Fsp3) is 0.455. The standard InChI is InChI=1S/C22H28N2O2/c1-23(17-5-8-18-6-3-2-4-7-18)21-13-9-19(10-14-21)20-11-15-22(16-12-20)24(25)26/h2-4,6-7,11-12,15-16,19,21H,5,8-10,13-14,17H2,1H3. The Balaban J connectivity index is 1.43. The summed E-state index contributed by atoms with van der Waals surface area (Å²) in [6.45, 7) is 1.14. The van der Waals surface area contributed by atoms with E-state index in [1.807, 2.05) is 12.1 Å². The SMILES string of the molecule is CN(CCCc1ccccc1)C1CCC(c2ccc([N+](=O)[O-])cc2)CC1.